The number of hydrogen-bond acceptors (Lipinski definition) is 4. The Bertz CT molecular complexity index is 1030. The molecule has 1 aliphatic rings. The van der Waals surface area contributed by atoms with E-state index in [4.69, 9.17) is 0 Å². The van der Waals surface area contributed by atoms with E-state index in [-0.39, 0.29) is 5.56 Å². The number of fused-ring (bicyclic) bond motifs is 1. The summed E-state index contributed by atoms with van der Waals surface area (Å²) in [4.78, 5) is 20.4. The summed E-state index contributed by atoms with van der Waals surface area (Å²) in [7, 11) is 0. The third-order valence-electron chi connectivity index (χ3n) is 6.06. The number of likely N-dealkylation sites (N-methyl/N-ethyl adjacent to an activating group) is 1. The van der Waals surface area contributed by atoms with Gasteiger partial charge in [-0.3, -0.25) is 4.79 Å². The van der Waals surface area contributed by atoms with Crippen LogP contribution in [0.3, 0.4) is 0 Å². The summed E-state index contributed by atoms with van der Waals surface area (Å²) in [6.45, 7) is 10.5. The monoisotopic (exact) mass is 404 g/mol. The molecule has 0 aliphatic carbocycles. The van der Waals surface area contributed by atoms with Crippen molar-refractivity contribution in [3.05, 3.63) is 70.0 Å². The van der Waals surface area contributed by atoms with Crippen molar-refractivity contribution >= 4 is 22.3 Å². The summed E-state index contributed by atoms with van der Waals surface area (Å²) in [6.07, 6.45) is 2.18. The van der Waals surface area contributed by atoms with Crippen LogP contribution in [0, 0.1) is 0 Å². The number of anilines is 2. The summed E-state index contributed by atoms with van der Waals surface area (Å²) in [5.74, 6) is 0. The predicted octanol–water partition coefficient (Wildman–Crippen LogP) is 4.23. The first-order chi connectivity index (χ1) is 14.7. The Labute approximate surface area is 178 Å². The maximum absolute atomic E-state index is 12.5. The molecule has 0 amide bonds. The number of H-pyrrole nitrogens is 1. The van der Waals surface area contributed by atoms with Crippen molar-refractivity contribution in [1.29, 1.82) is 0 Å². The van der Waals surface area contributed by atoms with Crippen molar-refractivity contribution in [2.24, 2.45) is 0 Å². The molecule has 30 heavy (non-hydrogen) atoms. The number of rotatable bonds is 7. The molecule has 1 aromatic heterocycles. The zero-order valence-electron chi connectivity index (χ0n) is 18.1. The third-order valence-corrected chi connectivity index (χ3v) is 6.06. The molecule has 2 heterocycles. The normalized spacial score (nSPS) is 14.9. The third kappa shape index (κ3) is 4.68. The van der Waals surface area contributed by atoms with Crippen LogP contribution in [0.4, 0.5) is 11.4 Å². The smallest absolute Gasteiger partial charge is 0.253 e. The minimum absolute atomic E-state index is 0.0244. The minimum Gasteiger partial charge on any atom is -0.381 e. The molecule has 4 rings (SSSR count). The van der Waals surface area contributed by atoms with Crippen molar-refractivity contribution in [3.8, 4) is 0 Å². The van der Waals surface area contributed by atoms with Gasteiger partial charge in [-0.25, -0.2) is 0 Å². The van der Waals surface area contributed by atoms with Gasteiger partial charge in [-0.2, -0.15) is 0 Å². The summed E-state index contributed by atoms with van der Waals surface area (Å²) >= 11 is 0. The number of nitrogens with zero attached hydrogens (tertiary/aromatic N) is 2. The van der Waals surface area contributed by atoms with Gasteiger partial charge in [-0.15, -0.1) is 0 Å². The Morgan fingerprint density at radius 3 is 2.43 bits per heavy atom. The van der Waals surface area contributed by atoms with Crippen molar-refractivity contribution in [3.63, 3.8) is 0 Å². The highest BCUT2D eigenvalue weighted by atomic mass is 16.1. The number of aromatic nitrogens is 1. The van der Waals surface area contributed by atoms with Crippen molar-refractivity contribution in [1.82, 2.24) is 9.88 Å². The van der Waals surface area contributed by atoms with Gasteiger partial charge in [0.25, 0.3) is 5.56 Å². The Balaban J connectivity index is 1.42. The second-order valence-electron chi connectivity index (χ2n) is 8.12. The summed E-state index contributed by atoms with van der Waals surface area (Å²) < 4.78 is 0. The molecule has 0 spiro atoms. The van der Waals surface area contributed by atoms with Gasteiger partial charge in [0.2, 0.25) is 0 Å². The van der Waals surface area contributed by atoms with Crippen LogP contribution in [-0.2, 0) is 13.0 Å². The fourth-order valence-electron chi connectivity index (χ4n) is 4.19. The quantitative estimate of drug-likeness (QED) is 0.619. The molecular formula is C25H32N4O. The van der Waals surface area contributed by atoms with Gasteiger partial charge >= 0.3 is 0 Å². The summed E-state index contributed by atoms with van der Waals surface area (Å²) in [5.41, 5.74) is 5.25. The van der Waals surface area contributed by atoms with Crippen molar-refractivity contribution < 1.29 is 0 Å². The molecule has 0 bridgehead atoms. The fraction of sp³-hybridized carbons (Fsp3) is 0.400. The van der Waals surface area contributed by atoms with Gasteiger partial charge in [-0.05, 0) is 66.4 Å². The molecule has 0 unspecified atom stereocenters. The lowest BCUT2D eigenvalue weighted by Gasteiger charge is -2.35. The standard InChI is InChI=1S/C25H32N4O/c1-3-5-19-6-11-24-20(16-19)17-21(25(30)27-24)18-26-22-7-9-23(10-8-22)29-14-12-28(4-2)13-15-29/h6-11,16-17,26H,3-5,12-15,18H2,1-2H3,(H,27,30). The molecular weight excluding hydrogens is 372 g/mol. The first-order valence-electron chi connectivity index (χ1n) is 11.1. The number of hydrogen-bond donors (Lipinski definition) is 2. The highest BCUT2D eigenvalue weighted by molar-refractivity contribution is 5.79. The Kier molecular flexibility index (Phi) is 6.38. The van der Waals surface area contributed by atoms with Gasteiger partial charge in [0.15, 0.2) is 0 Å². The second-order valence-corrected chi connectivity index (χ2v) is 8.12. The minimum atomic E-state index is -0.0244. The number of nitrogens with one attached hydrogen (secondary N) is 2. The van der Waals surface area contributed by atoms with E-state index in [9.17, 15) is 4.79 Å². The Morgan fingerprint density at radius 1 is 0.967 bits per heavy atom. The molecule has 0 radical (unpaired) electrons. The lowest BCUT2D eigenvalue weighted by atomic mass is 10.1. The molecule has 1 aliphatic heterocycles. The maximum Gasteiger partial charge on any atom is 0.253 e. The molecule has 1 saturated heterocycles. The van der Waals surface area contributed by atoms with Crippen LogP contribution in [0.5, 0.6) is 0 Å². The highest BCUT2D eigenvalue weighted by Crippen LogP contribution is 2.20. The first-order valence-corrected chi connectivity index (χ1v) is 11.1. The molecule has 5 heteroatoms. The van der Waals surface area contributed by atoms with Crippen LogP contribution < -0.4 is 15.8 Å². The summed E-state index contributed by atoms with van der Waals surface area (Å²) in [6, 6.07) is 16.9. The second kappa shape index (κ2) is 9.35. The zero-order valence-corrected chi connectivity index (χ0v) is 18.1. The number of pyridine rings is 1. The van der Waals surface area contributed by atoms with E-state index < -0.39 is 0 Å². The topological polar surface area (TPSA) is 51.4 Å². The van der Waals surface area contributed by atoms with Crippen molar-refractivity contribution in [2.45, 2.75) is 33.2 Å². The number of aryl methyl sites for hydroxylation is 1. The first kappa shape index (κ1) is 20.5. The SMILES string of the molecule is CCCc1ccc2[nH]c(=O)c(CNc3ccc(N4CCN(CC)CC4)cc3)cc2c1. The molecule has 158 valence electrons. The Morgan fingerprint density at radius 2 is 1.73 bits per heavy atom. The zero-order chi connectivity index (χ0) is 20.9. The molecule has 5 nitrogen and oxygen atoms in total. The van der Waals surface area contributed by atoms with Crippen LogP contribution in [0.25, 0.3) is 10.9 Å². The van der Waals surface area contributed by atoms with E-state index in [0.29, 0.717) is 6.54 Å². The largest absolute Gasteiger partial charge is 0.381 e. The summed E-state index contributed by atoms with van der Waals surface area (Å²) in [5, 5.41) is 4.50. The molecule has 2 aromatic carbocycles. The predicted molar refractivity (Wildman–Crippen MR) is 127 cm³/mol. The van der Waals surface area contributed by atoms with E-state index >= 15 is 0 Å². The molecule has 3 aromatic rings. The molecule has 1 fully saturated rings. The molecule has 0 atom stereocenters. The van der Waals surface area contributed by atoms with Crippen molar-refractivity contribution in [2.75, 3.05) is 42.9 Å². The maximum atomic E-state index is 12.5. The fourth-order valence-corrected chi connectivity index (χ4v) is 4.19. The number of piperazine rings is 1. The van der Waals surface area contributed by atoms with E-state index in [1.165, 1.54) is 11.3 Å². The van der Waals surface area contributed by atoms with Gasteiger partial charge < -0.3 is 20.1 Å². The number of aromatic amines is 1. The lowest BCUT2D eigenvalue weighted by molar-refractivity contribution is 0.271. The Hall–Kier alpha value is -2.79. The van der Waals surface area contributed by atoms with E-state index in [1.54, 1.807) is 0 Å². The molecule has 2 N–H and O–H groups in total. The number of benzene rings is 2. The van der Waals surface area contributed by atoms with E-state index in [1.807, 2.05) is 12.1 Å². The van der Waals surface area contributed by atoms with Crippen LogP contribution in [0.15, 0.2) is 53.3 Å². The van der Waals surface area contributed by atoms with Crippen LogP contribution >= 0.6 is 0 Å². The van der Waals surface area contributed by atoms with Crippen LogP contribution in [0.1, 0.15) is 31.4 Å². The average molecular weight is 405 g/mol. The lowest BCUT2D eigenvalue weighted by Crippen LogP contribution is -2.46. The highest BCUT2D eigenvalue weighted by Gasteiger charge is 2.15. The molecule has 0 saturated carbocycles. The van der Waals surface area contributed by atoms with Crippen LogP contribution in [0.2, 0.25) is 0 Å². The van der Waals surface area contributed by atoms with Gasteiger partial charge in [0, 0.05) is 55.2 Å². The van der Waals surface area contributed by atoms with Gasteiger partial charge in [0.05, 0.1) is 0 Å². The van der Waals surface area contributed by atoms with E-state index in [0.717, 1.165) is 67.7 Å². The average Bonchev–Trinajstić information content (AvgIpc) is 2.78. The van der Waals surface area contributed by atoms with E-state index in [2.05, 4.69) is 70.3 Å². The van der Waals surface area contributed by atoms with Crippen LogP contribution in [-0.4, -0.2) is 42.6 Å². The van der Waals surface area contributed by atoms with Gasteiger partial charge in [-0.1, -0.05) is 26.3 Å². The van der Waals surface area contributed by atoms with Gasteiger partial charge in [0.1, 0.15) is 0 Å².